The standard InChI is InChI=1S/C10H12N4O/c15-9-3-1-2-8(9)14-6-13-7-4-11-5-12-10(7)14/h4-6,8-9,15H,1-3H2. The van der Waals surface area contributed by atoms with E-state index in [-0.39, 0.29) is 12.1 Å². The van der Waals surface area contributed by atoms with Gasteiger partial charge < -0.3 is 9.67 Å². The van der Waals surface area contributed by atoms with Crippen molar-refractivity contribution in [2.75, 3.05) is 0 Å². The zero-order valence-electron chi connectivity index (χ0n) is 8.24. The molecule has 0 saturated heterocycles. The molecule has 2 aromatic heterocycles. The molecular weight excluding hydrogens is 192 g/mol. The van der Waals surface area contributed by atoms with Crippen molar-refractivity contribution in [3.8, 4) is 0 Å². The summed E-state index contributed by atoms with van der Waals surface area (Å²) < 4.78 is 1.97. The van der Waals surface area contributed by atoms with Gasteiger partial charge in [-0.25, -0.2) is 15.0 Å². The molecule has 2 heterocycles. The van der Waals surface area contributed by atoms with Gasteiger partial charge in [0.1, 0.15) is 11.8 Å². The van der Waals surface area contributed by atoms with Crippen molar-refractivity contribution in [1.29, 1.82) is 0 Å². The normalized spacial score (nSPS) is 26.2. The number of aliphatic hydroxyl groups is 1. The first-order valence-corrected chi connectivity index (χ1v) is 5.17. The second-order valence-electron chi connectivity index (χ2n) is 3.95. The fourth-order valence-electron chi connectivity index (χ4n) is 2.27. The Hall–Kier alpha value is -1.49. The van der Waals surface area contributed by atoms with Crippen LogP contribution in [0.4, 0.5) is 0 Å². The first kappa shape index (κ1) is 8.79. The molecule has 15 heavy (non-hydrogen) atoms. The molecule has 78 valence electrons. The van der Waals surface area contributed by atoms with Crippen LogP contribution in [0.2, 0.25) is 0 Å². The quantitative estimate of drug-likeness (QED) is 0.750. The lowest BCUT2D eigenvalue weighted by Crippen LogP contribution is -2.17. The summed E-state index contributed by atoms with van der Waals surface area (Å²) in [6.07, 6.45) is 7.63. The van der Waals surface area contributed by atoms with Gasteiger partial charge >= 0.3 is 0 Å². The number of rotatable bonds is 1. The number of fused-ring (bicyclic) bond motifs is 1. The van der Waals surface area contributed by atoms with Crippen LogP contribution in [0, 0.1) is 0 Å². The molecule has 0 radical (unpaired) electrons. The van der Waals surface area contributed by atoms with Gasteiger partial charge in [-0.15, -0.1) is 0 Å². The largest absolute Gasteiger partial charge is 0.391 e. The molecular formula is C10H12N4O. The third-order valence-corrected chi connectivity index (χ3v) is 3.04. The minimum atomic E-state index is -0.266. The predicted molar refractivity (Wildman–Crippen MR) is 54.2 cm³/mol. The van der Waals surface area contributed by atoms with E-state index in [1.54, 1.807) is 12.5 Å². The first-order valence-electron chi connectivity index (χ1n) is 5.17. The highest BCUT2D eigenvalue weighted by atomic mass is 16.3. The van der Waals surface area contributed by atoms with Crippen LogP contribution in [0.5, 0.6) is 0 Å². The first-order chi connectivity index (χ1) is 7.36. The van der Waals surface area contributed by atoms with Crippen LogP contribution in [-0.2, 0) is 0 Å². The SMILES string of the molecule is OC1CCCC1n1cnc2cncnc21. The lowest BCUT2D eigenvalue weighted by Gasteiger charge is -2.16. The van der Waals surface area contributed by atoms with Crippen LogP contribution in [-0.4, -0.2) is 30.7 Å². The highest BCUT2D eigenvalue weighted by Crippen LogP contribution is 2.31. The molecule has 0 aliphatic heterocycles. The summed E-state index contributed by atoms with van der Waals surface area (Å²) in [5.74, 6) is 0. The van der Waals surface area contributed by atoms with Gasteiger partial charge in [0, 0.05) is 0 Å². The second kappa shape index (κ2) is 3.27. The zero-order chi connectivity index (χ0) is 10.3. The topological polar surface area (TPSA) is 63.8 Å². The Kier molecular flexibility index (Phi) is 1.92. The molecule has 2 atom stereocenters. The predicted octanol–water partition coefficient (Wildman–Crippen LogP) is 0.912. The second-order valence-corrected chi connectivity index (χ2v) is 3.95. The highest BCUT2D eigenvalue weighted by Gasteiger charge is 2.27. The van der Waals surface area contributed by atoms with Gasteiger partial charge in [-0.05, 0) is 19.3 Å². The van der Waals surface area contributed by atoms with Gasteiger partial charge in [-0.3, -0.25) is 0 Å². The van der Waals surface area contributed by atoms with Gasteiger partial charge in [-0.1, -0.05) is 0 Å². The van der Waals surface area contributed by atoms with Gasteiger partial charge in [0.25, 0.3) is 0 Å². The van der Waals surface area contributed by atoms with E-state index in [4.69, 9.17) is 0 Å². The summed E-state index contributed by atoms with van der Waals surface area (Å²) in [5, 5.41) is 9.83. The Bertz CT molecular complexity index is 481. The summed E-state index contributed by atoms with van der Waals surface area (Å²) in [6.45, 7) is 0. The number of imidazole rings is 1. The van der Waals surface area contributed by atoms with Crippen LogP contribution in [0.25, 0.3) is 11.2 Å². The maximum Gasteiger partial charge on any atom is 0.163 e. The maximum absolute atomic E-state index is 9.83. The van der Waals surface area contributed by atoms with Crippen molar-refractivity contribution in [2.45, 2.75) is 31.4 Å². The van der Waals surface area contributed by atoms with Crippen molar-refractivity contribution < 1.29 is 5.11 Å². The van der Waals surface area contributed by atoms with Crippen molar-refractivity contribution in [1.82, 2.24) is 19.5 Å². The molecule has 1 saturated carbocycles. The van der Waals surface area contributed by atoms with Crippen LogP contribution in [0.1, 0.15) is 25.3 Å². The van der Waals surface area contributed by atoms with Gasteiger partial charge in [0.05, 0.1) is 24.7 Å². The highest BCUT2D eigenvalue weighted by molar-refractivity contribution is 5.69. The van der Waals surface area contributed by atoms with Crippen LogP contribution >= 0.6 is 0 Å². The fourth-order valence-corrected chi connectivity index (χ4v) is 2.27. The third-order valence-electron chi connectivity index (χ3n) is 3.04. The van der Waals surface area contributed by atoms with Crippen molar-refractivity contribution >= 4 is 11.2 Å². The number of aliphatic hydroxyl groups excluding tert-OH is 1. The molecule has 1 aliphatic rings. The minimum Gasteiger partial charge on any atom is -0.391 e. The van der Waals surface area contributed by atoms with E-state index in [0.29, 0.717) is 0 Å². The lowest BCUT2D eigenvalue weighted by molar-refractivity contribution is 0.138. The maximum atomic E-state index is 9.83. The van der Waals surface area contributed by atoms with Gasteiger partial charge in [-0.2, -0.15) is 0 Å². The molecule has 1 aliphatic carbocycles. The lowest BCUT2D eigenvalue weighted by atomic mass is 10.2. The van der Waals surface area contributed by atoms with E-state index in [9.17, 15) is 5.11 Å². The molecule has 2 aromatic rings. The van der Waals surface area contributed by atoms with E-state index in [2.05, 4.69) is 15.0 Å². The number of aromatic nitrogens is 4. The molecule has 0 amide bonds. The summed E-state index contributed by atoms with van der Waals surface area (Å²) in [6, 6.07) is 0.130. The van der Waals surface area contributed by atoms with Crippen LogP contribution < -0.4 is 0 Å². The average Bonchev–Trinajstić information content (AvgIpc) is 2.83. The smallest absolute Gasteiger partial charge is 0.163 e. The van der Waals surface area contributed by atoms with E-state index < -0.39 is 0 Å². The molecule has 0 bridgehead atoms. The van der Waals surface area contributed by atoms with Crippen molar-refractivity contribution in [3.63, 3.8) is 0 Å². The molecule has 3 rings (SSSR count). The van der Waals surface area contributed by atoms with E-state index in [1.807, 2.05) is 4.57 Å². The molecule has 1 N–H and O–H groups in total. The van der Waals surface area contributed by atoms with E-state index >= 15 is 0 Å². The Morgan fingerprint density at radius 1 is 1.33 bits per heavy atom. The molecule has 1 fully saturated rings. The summed E-state index contributed by atoms with van der Waals surface area (Å²) >= 11 is 0. The van der Waals surface area contributed by atoms with Gasteiger partial charge in [0.2, 0.25) is 0 Å². The molecule has 5 nitrogen and oxygen atoms in total. The third kappa shape index (κ3) is 1.31. The fraction of sp³-hybridized carbons (Fsp3) is 0.500. The Morgan fingerprint density at radius 2 is 2.27 bits per heavy atom. The van der Waals surface area contributed by atoms with Crippen LogP contribution in [0.3, 0.4) is 0 Å². The summed E-state index contributed by atoms with van der Waals surface area (Å²) in [5.41, 5.74) is 1.60. The minimum absolute atomic E-state index is 0.130. The van der Waals surface area contributed by atoms with Crippen molar-refractivity contribution in [2.24, 2.45) is 0 Å². The van der Waals surface area contributed by atoms with E-state index in [0.717, 1.165) is 30.4 Å². The average molecular weight is 204 g/mol. The molecule has 0 aromatic carbocycles. The molecule has 0 spiro atoms. The Labute approximate surface area is 86.8 Å². The summed E-state index contributed by atoms with van der Waals surface area (Å²) in [7, 11) is 0. The van der Waals surface area contributed by atoms with Crippen molar-refractivity contribution in [3.05, 3.63) is 18.9 Å². The number of hydrogen-bond donors (Lipinski definition) is 1. The number of hydrogen-bond acceptors (Lipinski definition) is 4. The zero-order valence-corrected chi connectivity index (χ0v) is 8.24. The Morgan fingerprint density at radius 3 is 3.07 bits per heavy atom. The van der Waals surface area contributed by atoms with Gasteiger partial charge in [0.15, 0.2) is 5.65 Å². The number of nitrogens with zero attached hydrogens (tertiary/aromatic N) is 4. The van der Waals surface area contributed by atoms with E-state index in [1.165, 1.54) is 6.33 Å². The van der Waals surface area contributed by atoms with Crippen LogP contribution in [0.15, 0.2) is 18.9 Å². The summed E-state index contributed by atoms with van der Waals surface area (Å²) in [4.78, 5) is 12.3. The Balaban J connectivity index is 2.10. The monoisotopic (exact) mass is 204 g/mol. The molecule has 2 unspecified atom stereocenters. The molecule has 5 heteroatoms.